The van der Waals surface area contributed by atoms with Gasteiger partial charge in [-0.25, -0.2) is 4.79 Å². The van der Waals surface area contributed by atoms with Crippen LogP contribution in [-0.2, 0) is 0 Å². The van der Waals surface area contributed by atoms with Gasteiger partial charge in [-0.3, -0.25) is 4.98 Å². The van der Waals surface area contributed by atoms with Crippen molar-refractivity contribution in [2.75, 3.05) is 0 Å². The topological polar surface area (TPSA) is 46.0 Å². The molecule has 5 heteroatoms. The number of rotatable bonds is 0. The smallest absolute Gasteiger partial charge is 0.407 e. The van der Waals surface area contributed by atoms with Gasteiger partial charge in [-0.05, 0) is 28.1 Å². The third kappa shape index (κ3) is 1.17. The molecule has 1 N–H and O–H groups in total. The molecule has 0 radical (unpaired) electrons. The van der Waals surface area contributed by atoms with E-state index in [9.17, 15) is 4.79 Å². The number of halogens is 2. The number of aromatic nitrogens is 1. The van der Waals surface area contributed by atoms with Gasteiger partial charge in [0, 0.05) is 5.02 Å². The van der Waals surface area contributed by atoms with Crippen molar-refractivity contribution in [3.8, 4) is 0 Å². The van der Waals surface area contributed by atoms with Crippen LogP contribution in [0.2, 0.25) is 5.02 Å². The Bertz CT molecular complexity index is 488. The number of oxazole rings is 1. The van der Waals surface area contributed by atoms with Crippen molar-refractivity contribution in [2.24, 2.45) is 0 Å². The fraction of sp³-hybridized carbons (Fsp3) is 0. The van der Waals surface area contributed by atoms with Gasteiger partial charge in [0.1, 0.15) is 0 Å². The maximum absolute atomic E-state index is 10.8. The third-order valence-corrected chi connectivity index (χ3v) is 2.25. The minimum Gasteiger partial charge on any atom is -0.407 e. The molecule has 0 atom stereocenters. The van der Waals surface area contributed by atoms with E-state index in [1.807, 2.05) is 0 Å². The Kier molecular flexibility index (Phi) is 1.73. The van der Waals surface area contributed by atoms with Crippen molar-refractivity contribution in [1.82, 2.24) is 4.98 Å². The third-order valence-electron chi connectivity index (χ3n) is 1.44. The molecule has 0 aliphatic rings. The van der Waals surface area contributed by atoms with Crippen molar-refractivity contribution in [2.45, 2.75) is 0 Å². The van der Waals surface area contributed by atoms with E-state index >= 15 is 0 Å². The van der Waals surface area contributed by atoms with Crippen molar-refractivity contribution < 1.29 is 4.42 Å². The standard InChI is InChI=1S/C7H3BrClNO2/c8-4-1-3(9)2-5-6(4)12-7(11)10-5/h1-2H,(H,10,11). The fourth-order valence-corrected chi connectivity index (χ4v) is 1.88. The van der Waals surface area contributed by atoms with Gasteiger partial charge in [-0.2, -0.15) is 0 Å². The van der Waals surface area contributed by atoms with Crippen molar-refractivity contribution >= 4 is 38.6 Å². The maximum Gasteiger partial charge on any atom is 0.417 e. The molecule has 0 aliphatic carbocycles. The summed E-state index contributed by atoms with van der Waals surface area (Å²) in [5.41, 5.74) is 1.09. The van der Waals surface area contributed by atoms with Crippen LogP contribution >= 0.6 is 27.5 Å². The zero-order valence-corrected chi connectivity index (χ0v) is 8.07. The molecule has 0 saturated heterocycles. The highest BCUT2D eigenvalue weighted by Gasteiger charge is 2.05. The number of aromatic amines is 1. The maximum atomic E-state index is 10.8. The number of fused-ring (bicyclic) bond motifs is 1. The lowest BCUT2D eigenvalue weighted by atomic mass is 10.3. The molecule has 2 aromatic rings. The van der Waals surface area contributed by atoms with Gasteiger partial charge < -0.3 is 4.42 Å². The summed E-state index contributed by atoms with van der Waals surface area (Å²) < 4.78 is 5.51. The molecule has 1 aromatic heterocycles. The van der Waals surface area contributed by atoms with Crippen molar-refractivity contribution in [1.29, 1.82) is 0 Å². The number of benzene rings is 1. The first-order chi connectivity index (χ1) is 5.66. The molecule has 0 aliphatic heterocycles. The Morgan fingerprint density at radius 3 is 3.00 bits per heavy atom. The number of hydrogen-bond acceptors (Lipinski definition) is 2. The summed E-state index contributed by atoms with van der Waals surface area (Å²) in [5, 5.41) is 0.548. The van der Waals surface area contributed by atoms with Crippen LogP contribution in [-0.4, -0.2) is 4.98 Å². The second-order valence-corrected chi connectivity index (χ2v) is 3.57. The van der Waals surface area contributed by atoms with Gasteiger partial charge in [0.05, 0.1) is 9.99 Å². The second kappa shape index (κ2) is 2.64. The van der Waals surface area contributed by atoms with E-state index < -0.39 is 5.76 Å². The quantitative estimate of drug-likeness (QED) is 0.779. The summed E-state index contributed by atoms with van der Waals surface area (Å²) in [7, 11) is 0. The lowest BCUT2D eigenvalue weighted by Crippen LogP contribution is -1.92. The molecule has 3 nitrogen and oxygen atoms in total. The molecule has 0 fully saturated rings. The molecular formula is C7H3BrClNO2. The average Bonchev–Trinajstić information content (AvgIpc) is 2.29. The Hall–Kier alpha value is -0.740. The van der Waals surface area contributed by atoms with Crippen LogP contribution in [0.5, 0.6) is 0 Å². The number of H-pyrrole nitrogens is 1. The first-order valence-electron chi connectivity index (χ1n) is 3.15. The highest BCUT2D eigenvalue weighted by molar-refractivity contribution is 9.10. The minimum absolute atomic E-state index is 0.479. The zero-order chi connectivity index (χ0) is 8.72. The van der Waals surface area contributed by atoms with Gasteiger partial charge >= 0.3 is 5.76 Å². The van der Waals surface area contributed by atoms with Gasteiger partial charge in [0.15, 0.2) is 5.58 Å². The van der Waals surface area contributed by atoms with Gasteiger partial charge in [-0.1, -0.05) is 11.6 Å². The lowest BCUT2D eigenvalue weighted by molar-refractivity contribution is 0.554. The van der Waals surface area contributed by atoms with Crippen LogP contribution in [0.15, 0.2) is 25.8 Å². The Morgan fingerprint density at radius 1 is 1.50 bits per heavy atom. The normalized spacial score (nSPS) is 10.8. The summed E-state index contributed by atoms with van der Waals surface area (Å²) >= 11 is 8.96. The molecule has 12 heavy (non-hydrogen) atoms. The van der Waals surface area contributed by atoms with Crippen LogP contribution in [0, 0.1) is 0 Å². The SMILES string of the molecule is O=c1[nH]c2cc(Cl)cc(Br)c2o1. The highest BCUT2D eigenvalue weighted by atomic mass is 79.9. The highest BCUT2D eigenvalue weighted by Crippen LogP contribution is 2.25. The second-order valence-electron chi connectivity index (χ2n) is 2.28. The molecule has 0 unspecified atom stereocenters. The van der Waals surface area contributed by atoms with Crippen LogP contribution in [0.4, 0.5) is 0 Å². The van der Waals surface area contributed by atoms with E-state index in [-0.39, 0.29) is 0 Å². The summed E-state index contributed by atoms with van der Waals surface area (Å²) in [6, 6.07) is 3.30. The largest absolute Gasteiger partial charge is 0.417 e. The summed E-state index contributed by atoms with van der Waals surface area (Å²) in [4.78, 5) is 13.3. The van der Waals surface area contributed by atoms with E-state index in [4.69, 9.17) is 16.0 Å². The van der Waals surface area contributed by atoms with Crippen LogP contribution < -0.4 is 5.76 Å². The van der Waals surface area contributed by atoms with E-state index in [1.165, 1.54) is 0 Å². The van der Waals surface area contributed by atoms with E-state index in [1.54, 1.807) is 12.1 Å². The van der Waals surface area contributed by atoms with Gasteiger partial charge in [0.25, 0.3) is 0 Å². The zero-order valence-electron chi connectivity index (χ0n) is 5.73. The Labute approximate surface area is 80.5 Å². The predicted octanol–water partition coefficient (Wildman–Crippen LogP) is 2.54. The summed E-state index contributed by atoms with van der Waals surface area (Å²) in [6.07, 6.45) is 0. The number of nitrogens with one attached hydrogen (secondary N) is 1. The molecule has 2 rings (SSSR count). The van der Waals surface area contributed by atoms with Crippen LogP contribution in [0.25, 0.3) is 11.1 Å². The van der Waals surface area contributed by atoms with Crippen LogP contribution in [0.3, 0.4) is 0 Å². The minimum atomic E-state index is -0.479. The van der Waals surface area contributed by atoms with E-state index in [0.29, 0.717) is 20.6 Å². The molecule has 1 heterocycles. The van der Waals surface area contributed by atoms with Crippen molar-refractivity contribution in [3.63, 3.8) is 0 Å². The molecule has 0 amide bonds. The Morgan fingerprint density at radius 2 is 2.25 bits per heavy atom. The summed E-state index contributed by atoms with van der Waals surface area (Å²) in [6.45, 7) is 0. The van der Waals surface area contributed by atoms with Gasteiger partial charge in [-0.15, -0.1) is 0 Å². The lowest BCUT2D eigenvalue weighted by Gasteiger charge is -1.91. The Balaban J connectivity index is 2.97. The van der Waals surface area contributed by atoms with Crippen molar-refractivity contribution in [3.05, 3.63) is 32.2 Å². The van der Waals surface area contributed by atoms with E-state index in [2.05, 4.69) is 20.9 Å². The molecule has 0 saturated carbocycles. The van der Waals surface area contributed by atoms with Gasteiger partial charge in [0.2, 0.25) is 0 Å². The fourth-order valence-electron chi connectivity index (χ4n) is 0.985. The average molecular weight is 248 g/mol. The first-order valence-corrected chi connectivity index (χ1v) is 4.32. The molecular weight excluding hydrogens is 245 g/mol. The van der Waals surface area contributed by atoms with E-state index in [0.717, 1.165) is 0 Å². The molecule has 1 aromatic carbocycles. The number of hydrogen-bond donors (Lipinski definition) is 1. The molecule has 62 valence electrons. The molecule has 0 spiro atoms. The molecule has 0 bridgehead atoms. The van der Waals surface area contributed by atoms with Crippen LogP contribution in [0.1, 0.15) is 0 Å². The predicted molar refractivity (Wildman–Crippen MR) is 49.5 cm³/mol. The summed E-state index contributed by atoms with van der Waals surface area (Å²) in [5.74, 6) is -0.479. The first kappa shape index (κ1) is 7.89. The monoisotopic (exact) mass is 247 g/mol.